The van der Waals surface area contributed by atoms with E-state index < -0.39 is 26.6 Å². The molecule has 21 heavy (non-hydrogen) atoms. The van der Waals surface area contributed by atoms with Gasteiger partial charge in [0.1, 0.15) is 16.5 Å². The van der Waals surface area contributed by atoms with Crippen molar-refractivity contribution in [1.82, 2.24) is 0 Å². The van der Waals surface area contributed by atoms with Crippen LogP contribution in [0.3, 0.4) is 0 Å². The molecule has 112 valence electrons. The van der Waals surface area contributed by atoms with Gasteiger partial charge in [0.25, 0.3) is 10.0 Å². The second kappa shape index (κ2) is 5.78. The highest BCUT2D eigenvalue weighted by Crippen LogP contribution is 2.34. The molecule has 0 unspecified atom stereocenters. The summed E-state index contributed by atoms with van der Waals surface area (Å²) in [5.74, 6) is -1.66. The monoisotopic (exact) mass is 396 g/mol. The SMILES string of the molecule is Nc1cccc(F)c1S(=O)(=O)Nc1c(Cl)cc(F)cc1Br. The first-order valence-corrected chi connectivity index (χ1v) is 8.09. The summed E-state index contributed by atoms with van der Waals surface area (Å²) in [5.41, 5.74) is 5.13. The molecule has 0 fully saturated rings. The molecule has 0 atom stereocenters. The van der Waals surface area contributed by atoms with Gasteiger partial charge in [0, 0.05) is 4.47 Å². The highest BCUT2D eigenvalue weighted by Gasteiger charge is 2.24. The highest BCUT2D eigenvalue weighted by atomic mass is 79.9. The molecule has 3 N–H and O–H groups in total. The number of benzene rings is 2. The molecule has 0 saturated heterocycles. The van der Waals surface area contributed by atoms with Crippen molar-refractivity contribution in [2.45, 2.75) is 4.90 Å². The van der Waals surface area contributed by atoms with Crippen molar-refractivity contribution in [1.29, 1.82) is 0 Å². The Labute approximate surface area is 133 Å². The van der Waals surface area contributed by atoms with E-state index in [4.69, 9.17) is 17.3 Å². The van der Waals surface area contributed by atoms with Crippen LogP contribution in [0.2, 0.25) is 5.02 Å². The zero-order chi connectivity index (χ0) is 15.8. The van der Waals surface area contributed by atoms with Crippen molar-refractivity contribution < 1.29 is 17.2 Å². The number of nitrogen functional groups attached to an aromatic ring is 1. The predicted molar refractivity (Wildman–Crippen MR) is 80.7 cm³/mol. The van der Waals surface area contributed by atoms with Gasteiger partial charge in [-0.05, 0) is 40.2 Å². The predicted octanol–water partition coefficient (Wildman–Crippen LogP) is 3.76. The number of rotatable bonds is 3. The number of hydrogen-bond acceptors (Lipinski definition) is 3. The molecule has 0 saturated carbocycles. The van der Waals surface area contributed by atoms with Crippen LogP contribution in [0.4, 0.5) is 20.2 Å². The van der Waals surface area contributed by atoms with Crippen LogP contribution in [0.25, 0.3) is 0 Å². The van der Waals surface area contributed by atoms with Crippen LogP contribution < -0.4 is 10.5 Å². The number of halogens is 4. The summed E-state index contributed by atoms with van der Waals surface area (Å²) >= 11 is 8.77. The summed E-state index contributed by atoms with van der Waals surface area (Å²) in [5, 5.41) is -0.180. The van der Waals surface area contributed by atoms with Crippen molar-refractivity contribution in [2.75, 3.05) is 10.5 Å². The molecule has 0 aromatic heterocycles. The van der Waals surface area contributed by atoms with Crippen LogP contribution in [0.15, 0.2) is 39.7 Å². The van der Waals surface area contributed by atoms with Gasteiger partial charge in [0.15, 0.2) is 0 Å². The molecule has 2 aromatic carbocycles. The van der Waals surface area contributed by atoms with Crippen molar-refractivity contribution >= 4 is 48.9 Å². The van der Waals surface area contributed by atoms with Crippen molar-refractivity contribution in [3.63, 3.8) is 0 Å². The molecular weight excluding hydrogens is 390 g/mol. The van der Waals surface area contributed by atoms with Crippen molar-refractivity contribution in [3.8, 4) is 0 Å². The molecule has 0 radical (unpaired) electrons. The van der Waals surface area contributed by atoms with E-state index in [2.05, 4.69) is 20.7 Å². The summed E-state index contributed by atoms with van der Waals surface area (Å²) in [6, 6.07) is 5.44. The first-order valence-electron chi connectivity index (χ1n) is 5.43. The molecule has 2 rings (SSSR count). The Morgan fingerprint density at radius 2 is 1.90 bits per heavy atom. The van der Waals surface area contributed by atoms with Gasteiger partial charge >= 0.3 is 0 Å². The summed E-state index contributed by atoms with van der Waals surface area (Å²) in [6.07, 6.45) is 0. The van der Waals surface area contributed by atoms with Gasteiger partial charge in [-0.2, -0.15) is 0 Å². The lowest BCUT2D eigenvalue weighted by Crippen LogP contribution is -2.17. The summed E-state index contributed by atoms with van der Waals surface area (Å²) in [6.45, 7) is 0. The molecule has 0 amide bonds. The molecule has 9 heteroatoms. The molecule has 0 spiro atoms. The smallest absolute Gasteiger partial charge is 0.266 e. The van der Waals surface area contributed by atoms with E-state index in [0.29, 0.717) is 0 Å². The van der Waals surface area contributed by atoms with Gasteiger partial charge in [-0.15, -0.1) is 0 Å². The largest absolute Gasteiger partial charge is 0.398 e. The standard InChI is InChI=1S/C12H8BrClF2N2O2S/c13-7-4-6(15)5-8(14)11(7)18-21(19,20)12-9(16)2-1-3-10(12)17/h1-5,18H,17H2. The van der Waals surface area contributed by atoms with Gasteiger partial charge in [-0.25, -0.2) is 17.2 Å². The molecule has 0 heterocycles. The molecule has 0 aliphatic rings. The molecular formula is C12H8BrClF2N2O2S. The Bertz CT molecular complexity index is 772. The zero-order valence-corrected chi connectivity index (χ0v) is 13.4. The maximum atomic E-state index is 13.7. The number of anilines is 2. The van der Waals surface area contributed by atoms with Crippen LogP contribution >= 0.6 is 27.5 Å². The Kier molecular flexibility index (Phi) is 4.40. The van der Waals surface area contributed by atoms with Crippen LogP contribution in [-0.4, -0.2) is 8.42 Å². The van der Waals surface area contributed by atoms with Crippen molar-refractivity contribution in [2.24, 2.45) is 0 Å². The van der Waals surface area contributed by atoms with E-state index in [1.54, 1.807) is 0 Å². The first-order chi connectivity index (χ1) is 9.72. The maximum Gasteiger partial charge on any atom is 0.266 e. The van der Waals surface area contributed by atoms with E-state index >= 15 is 0 Å². The van der Waals surface area contributed by atoms with E-state index in [-0.39, 0.29) is 20.9 Å². The third-order valence-corrected chi connectivity index (χ3v) is 4.87. The Morgan fingerprint density at radius 1 is 1.24 bits per heavy atom. The van der Waals surface area contributed by atoms with E-state index in [0.717, 1.165) is 18.2 Å². The molecule has 0 bridgehead atoms. The van der Waals surface area contributed by atoms with Crippen LogP contribution in [0, 0.1) is 11.6 Å². The Morgan fingerprint density at radius 3 is 2.48 bits per heavy atom. The maximum absolute atomic E-state index is 13.7. The second-order valence-corrected chi connectivity index (χ2v) is 6.89. The van der Waals surface area contributed by atoms with Gasteiger partial charge in [-0.3, -0.25) is 4.72 Å². The number of hydrogen-bond donors (Lipinski definition) is 2. The second-order valence-electron chi connectivity index (χ2n) is 4.01. The van der Waals surface area contributed by atoms with Crippen LogP contribution in [0.1, 0.15) is 0 Å². The lowest BCUT2D eigenvalue weighted by atomic mass is 10.3. The van der Waals surface area contributed by atoms with E-state index in [9.17, 15) is 17.2 Å². The Balaban J connectivity index is 2.53. The minimum Gasteiger partial charge on any atom is -0.398 e. The normalized spacial score (nSPS) is 11.4. The zero-order valence-electron chi connectivity index (χ0n) is 10.2. The molecule has 4 nitrogen and oxygen atoms in total. The quantitative estimate of drug-likeness (QED) is 0.775. The fourth-order valence-electron chi connectivity index (χ4n) is 1.63. The fraction of sp³-hybridized carbons (Fsp3) is 0. The van der Waals surface area contributed by atoms with E-state index in [1.165, 1.54) is 12.1 Å². The molecule has 2 aromatic rings. The fourth-order valence-corrected chi connectivity index (χ4v) is 4.01. The van der Waals surface area contributed by atoms with Crippen LogP contribution in [-0.2, 0) is 10.0 Å². The van der Waals surface area contributed by atoms with Crippen molar-refractivity contribution in [3.05, 3.63) is 51.5 Å². The van der Waals surface area contributed by atoms with Gasteiger partial charge in [-0.1, -0.05) is 17.7 Å². The Hall–Kier alpha value is -1.38. The average molecular weight is 398 g/mol. The van der Waals surface area contributed by atoms with E-state index in [1.807, 2.05) is 0 Å². The molecule has 0 aliphatic carbocycles. The highest BCUT2D eigenvalue weighted by molar-refractivity contribution is 9.10. The van der Waals surface area contributed by atoms with Crippen LogP contribution in [0.5, 0.6) is 0 Å². The first kappa shape index (κ1) is 16.0. The topological polar surface area (TPSA) is 72.2 Å². The number of nitrogens with one attached hydrogen (secondary N) is 1. The lowest BCUT2D eigenvalue weighted by molar-refractivity contribution is 0.571. The number of sulfonamides is 1. The van der Waals surface area contributed by atoms with Gasteiger partial charge in [0.2, 0.25) is 0 Å². The summed E-state index contributed by atoms with van der Waals surface area (Å²) in [7, 11) is -4.32. The van der Waals surface area contributed by atoms with Gasteiger partial charge < -0.3 is 5.73 Å². The summed E-state index contributed by atoms with van der Waals surface area (Å²) in [4.78, 5) is -0.697. The van der Waals surface area contributed by atoms with Gasteiger partial charge in [0.05, 0.1) is 16.4 Å². The third kappa shape index (κ3) is 3.28. The minimum absolute atomic E-state index is 0.0750. The number of nitrogens with two attached hydrogens (primary N) is 1. The molecule has 0 aliphatic heterocycles. The average Bonchev–Trinajstić information content (AvgIpc) is 2.33. The third-order valence-electron chi connectivity index (χ3n) is 2.51. The summed E-state index contributed by atoms with van der Waals surface area (Å²) < 4.78 is 53.4. The minimum atomic E-state index is -4.32. The lowest BCUT2D eigenvalue weighted by Gasteiger charge is -2.13.